The summed E-state index contributed by atoms with van der Waals surface area (Å²) in [5.41, 5.74) is 1.13. The molecule has 1 heterocycles. The lowest BCUT2D eigenvalue weighted by molar-refractivity contribution is -0.138. The van der Waals surface area contributed by atoms with E-state index in [2.05, 4.69) is 17.9 Å². The molecule has 0 unspecified atom stereocenters. The van der Waals surface area contributed by atoms with Crippen LogP contribution in [0.25, 0.3) is 0 Å². The molecule has 0 atom stereocenters. The molecule has 0 fully saturated rings. The topological polar surface area (TPSA) is 123 Å². The predicted molar refractivity (Wildman–Crippen MR) is 159 cm³/mol. The number of hydrogen-bond donors (Lipinski definition) is 0. The molecule has 0 bridgehead atoms. The summed E-state index contributed by atoms with van der Waals surface area (Å²) < 4.78 is 15.6. The summed E-state index contributed by atoms with van der Waals surface area (Å²) in [6.07, 6.45) is 9.03. The second-order valence-corrected chi connectivity index (χ2v) is 8.92. The van der Waals surface area contributed by atoms with Gasteiger partial charge in [-0.25, -0.2) is 9.59 Å². The number of fused-ring (bicyclic) bond motifs is 1. The minimum absolute atomic E-state index is 0.124. The highest BCUT2D eigenvalue weighted by Gasteiger charge is 2.28. The van der Waals surface area contributed by atoms with Gasteiger partial charge >= 0.3 is 12.0 Å². The Balaban J connectivity index is 0.00000281. The van der Waals surface area contributed by atoms with Crippen LogP contribution in [0, 0.1) is 0 Å². The maximum atomic E-state index is 13.2. The van der Waals surface area contributed by atoms with Crippen molar-refractivity contribution in [2.75, 3.05) is 37.7 Å². The second-order valence-electron chi connectivity index (χ2n) is 8.92. The van der Waals surface area contributed by atoms with Crippen LogP contribution in [0.1, 0.15) is 46.5 Å². The number of esters is 1. The number of nitrogens with zero attached hydrogens (tertiary/aromatic N) is 3. The molecule has 0 radical (unpaired) electrons. The third-order valence-electron chi connectivity index (χ3n) is 5.74. The molecule has 2 rings (SSSR count). The van der Waals surface area contributed by atoms with Crippen LogP contribution >= 0.6 is 0 Å². The molecule has 11 heteroatoms. The number of carbonyl (C=O) groups excluding carboxylic acids is 5. The molecular weight excluding hydrogens is 542 g/mol. The van der Waals surface area contributed by atoms with Crippen LogP contribution in [0.4, 0.5) is 10.5 Å². The summed E-state index contributed by atoms with van der Waals surface area (Å²) in [4.78, 5) is 63.1. The first-order valence-electron chi connectivity index (χ1n) is 13.7. The summed E-state index contributed by atoms with van der Waals surface area (Å²) in [7, 11) is 0. The third-order valence-corrected chi connectivity index (χ3v) is 5.74. The predicted octanol–water partition coefficient (Wildman–Crippen LogP) is 4.75. The average molecular weight is 584 g/mol. The minimum atomic E-state index is -0.790. The average Bonchev–Trinajstić information content (AvgIpc) is 3.35. The minimum Gasteiger partial charge on any atom is -0.466 e. The van der Waals surface area contributed by atoms with E-state index in [1.807, 2.05) is 43.0 Å². The molecule has 1 aliphatic rings. The molecular formula is C31H41N3O8. The van der Waals surface area contributed by atoms with Crippen molar-refractivity contribution in [3.8, 4) is 5.75 Å². The summed E-state index contributed by atoms with van der Waals surface area (Å²) in [6.45, 7) is 13.0. The molecule has 0 aromatic heterocycles. The van der Waals surface area contributed by atoms with E-state index in [-0.39, 0.29) is 38.3 Å². The number of hydrogen-bond acceptors (Lipinski definition) is 9. The quantitative estimate of drug-likeness (QED) is 0.0891. The van der Waals surface area contributed by atoms with Gasteiger partial charge in [-0.1, -0.05) is 38.1 Å². The van der Waals surface area contributed by atoms with Crippen LogP contribution in [0.5, 0.6) is 5.75 Å². The summed E-state index contributed by atoms with van der Waals surface area (Å²) >= 11 is 0. The van der Waals surface area contributed by atoms with Gasteiger partial charge in [0.2, 0.25) is 12.3 Å². The monoisotopic (exact) mass is 583 g/mol. The zero-order valence-corrected chi connectivity index (χ0v) is 24.7. The number of anilines is 1. The Labute approximate surface area is 247 Å². The van der Waals surface area contributed by atoms with E-state index in [0.29, 0.717) is 43.8 Å². The molecule has 1 aliphatic heterocycles. The first-order valence-corrected chi connectivity index (χ1v) is 13.7. The highest BCUT2D eigenvalue weighted by atomic mass is 16.5. The Morgan fingerprint density at radius 3 is 2.40 bits per heavy atom. The van der Waals surface area contributed by atoms with Gasteiger partial charge in [0.15, 0.2) is 5.75 Å². The smallest absolute Gasteiger partial charge is 0.333 e. The van der Waals surface area contributed by atoms with Gasteiger partial charge < -0.3 is 19.1 Å². The third kappa shape index (κ3) is 11.4. The fourth-order valence-corrected chi connectivity index (χ4v) is 3.64. The zero-order valence-electron chi connectivity index (χ0n) is 24.7. The Morgan fingerprint density at radius 1 is 1.05 bits per heavy atom. The van der Waals surface area contributed by atoms with E-state index in [4.69, 9.17) is 9.47 Å². The van der Waals surface area contributed by atoms with E-state index in [1.165, 1.54) is 0 Å². The standard InChI is InChI=1S/C28H35N3O8.C3H6/c1-4-6-15-31(28(36)29(20-32)17-19-37-21-33)27(35)22(3)13-14-25-30(16-9-10-18-38-26(34)5-2)23-11-7-8-12-24(23)39-25;1-3-2/h5,7-8,11-14,20-21H,2,4,6,9-10,15-19H2,1,3H3;3H,1H2,2H3/b22-13-,25-14+;. The molecule has 0 saturated carbocycles. The van der Waals surface area contributed by atoms with Crippen LogP contribution in [0.3, 0.4) is 0 Å². The van der Waals surface area contributed by atoms with Crippen molar-refractivity contribution >= 4 is 36.5 Å². The molecule has 0 N–H and O–H groups in total. The Hall–Kier alpha value is -4.67. The molecule has 228 valence electrons. The first-order chi connectivity index (χ1) is 20.3. The van der Waals surface area contributed by atoms with E-state index in [1.54, 1.807) is 25.2 Å². The molecule has 0 aliphatic carbocycles. The summed E-state index contributed by atoms with van der Waals surface area (Å²) in [6, 6.07) is 6.72. The SMILES string of the molecule is C=CC.C=CC(=O)OCCCCN1/C(=C\C=C(\C)C(=O)N(CCCC)C(=O)N(C=O)CCOC=O)Oc2ccccc21. The van der Waals surface area contributed by atoms with Crippen LogP contribution in [-0.2, 0) is 28.7 Å². The lowest BCUT2D eigenvalue weighted by Crippen LogP contribution is -2.47. The van der Waals surface area contributed by atoms with Crippen molar-refractivity contribution < 1.29 is 38.2 Å². The Morgan fingerprint density at radius 2 is 1.76 bits per heavy atom. The lowest BCUT2D eigenvalue weighted by Gasteiger charge is -2.25. The molecule has 1 aromatic rings. The molecule has 0 saturated heterocycles. The summed E-state index contributed by atoms with van der Waals surface area (Å²) in [5.74, 6) is 0.142. The molecule has 4 amide bonds. The van der Waals surface area contributed by atoms with Gasteiger partial charge in [0.1, 0.15) is 6.61 Å². The number of para-hydroxylation sites is 2. The number of imide groups is 2. The van der Waals surface area contributed by atoms with Gasteiger partial charge in [-0.15, -0.1) is 6.58 Å². The van der Waals surface area contributed by atoms with Gasteiger partial charge in [0.05, 0.1) is 18.8 Å². The number of carbonyl (C=O) groups is 5. The van der Waals surface area contributed by atoms with Crippen LogP contribution < -0.4 is 9.64 Å². The lowest BCUT2D eigenvalue weighted by atomic mass is 10.2. The van der Waals surface area contributed by atoms with E-state index < -0.39 is 17.9 Å². The van der Waals surface area contributed by atoms with Crippen molar-refractivity contribution in [3.05, 3.63) is 73.2 Å². The number of rotatable bonds is 16. The molecule has 0 spiro atoms. The van der Waals surface area contributed by atoms with Gasteiger partial charge in [-0.05, 0) is 57.4 Å². The van der Waals surface area contributed by atoms with Crippen molar-refractivity contribution in [1.29, 1.82) is 0 Å². The fourth-order valence-electron chi connectivity index (χ4n) is 3.64. The van der Waals surface area contributed by atoms with Crippen LogP contribution in [0.2, 0.25) is 0 Å². The fraction of sp³-hybridized carbons (Fsp3) is 0.387. The van der Waals surface area contributed by atoms with Crippen molar-refractivity contribution in [1.82, 2.24) is 9.80 Å². The van der Waals surface area contributed by atoms with E-state index >= 15 is 0 Å². The second kappa shape index (κ2) is 20.2. The Kier molecular flexibility index (Phi) is 17.0. The largest absolute Gasteiger partial charge is 0.466 e. The van der Waals surface area contributed by atoms with Crippen molar-refractivity contribution in [2.24, 2.45) is 0 Å². The first kappa shape index (κ1) is 35.4. The normalized spacial score (nSPS) is 12.6. The number of urea groups is 1. The number of benzene rings is 1. The molecule has 1 aromatic carbocycles. The summed E-state index contributed by atoms with van der Waals surface area (Å²) in [5, 5.41) is 0. The maximum Gasteiger partial charge on any atom is 0.333 e. The molecule has 11 nitrogen and oxygen atoms in total. The number of ether oxygens (including phenoxy) is 3. The van der Waals surface area contributed by atoms with Gasteiger partial charge in [-0.2, -0.15) is 0 Å². The van der Waals surface area contributed by atoms with Gasteiger partial charge in [0, 0.05) is 24.7 Å². The maximum absolute atomic E-state index is 13.2. The van der Waals surface area contributed by atoms with Crippen LogP contribution in [-0.4, -0.2) is 73.4 Å². The molecule has 42 heavy (non-hydrogen) atoms. The number of amides is 4. The Bertz CT molecular complexity index is 1140. The van der Waals surface area contributed by atoms with Gasteiger partial charge in [0.25, 0.3) is 12.4 Å². The van der Waals surface area contributed by atoms with Crippen LogP contribution in [0.15, 0.2) is 73.2 Å². The number of unbranched alkanes of at least 4 members (excludes halogenated alkanes) is 2. The highest BCUT2D eigenvalue weighted by Crippen LogP contribution is 2.38. The highest BCUT2D eigenvalue weighted by molar-refractivity contribution is 6.05. The van der Waals surface area contributed by atoms with Crippen molar-refractivity contribution in [2.45, 2.75) is 46.5 Å². The zero-order chi connectivity index (χ0) is 31.3. The van der Waals surface area contributed by atoms with Gasteiger partial charge in [-0.3, -0.25) is 24.2 Å². The number of allylic oxidation sites excluding steroid dienone is 3. The van der Waals surface area contributed by atoms with E-state index in [9.17, 15) is 24.0 Å². The van der Waals surface area contributed by atoms with E-state index in [0.717, 1.165) is 28.0 Å². The van der Waals surface area contributed by atoms with Crippen molar-refractivity contribution in [3.63, 3.8) is 0 Å².